The molecule has 0 unspecified atom stereocenters. The van der Waals surface area contributed by atoms with Crippen LogP contribution >= 0.6 is 25.3 Å². The Kier molecular flexibility index (Phi) is 41.9. The number of ether oxygens (including phenoxy) is 1. The number of nitriles is 1. The Morgan fingerprint density at radius 3 is 1.37 bits per heavy atom. The van der Waals surface area contributed by atoms with Gasteiger partial charge in [0, 0.05) is 0 Å². The number of carboxylic acids is 2. The topological polar surface area (TPSA) is 148 Å². The molecule has 0 aromatic heterocycles. The maximum absolute atomic E-state index is 9.29. The predicted molar refractivity (Wildman–Crippen MR) is 74.4 cm³/mol. The molecule has 0 fully saturated rings. The van der Waals surface area contributed by atoms with E-state index in [2.05, 4.69) is 30.0 Å². The van der Waals surface area contributed by atoms with E-state index in [4.69, 9.17) is 25.7 Å². The van der Waals surface area contributed by atoms with Crippen LogP contribution in [0.4, 0.5) is 0 Å². The Morgan fingerprint density at radius 1 is 1.11 bits per heavy atom. The van der Waals surface area contributed by atoms with Gasteiger partial charge in [-0.3, -0.25) is 9.59 Å². The van der Waals surface area contributed by atoms with Gasteiger partial charge in [-0.05, 0) is 6.92 Å². The second-order valence-electron chi connectivity index (χ2n) is 2.08. The highest BCUT2D eigenvalue weighted by Crippen LogP contribution is 1.66. The van der Waals surface area contributed by atoms with Crippen molar-refractivity contribution in [1.82, 2.24) is 0 Å². The SMILES string of the molecule is CCOC#N.O=C(O)CS.O=C(O)CS.OCCO. The van der Waals surface area contributed by atoms with Gasteiger partial charge in [0.15, 0.2) is 0 Å². The van der Waals surface area contributed by atoms with E-state index in [0.717, 1.165) is 0 Å². The average Bonchev–Trinajstić information content (AvgIpc) is 2.41. The highest BCUT2D eigenvalue weighted by atomic mass is 32.1. The van der Waals surface area contributed by atoms with Gasteiger partial charge in [-0.2, -0.15) is 30.5 Å². The molecule has 114 valence electrons. The summed E-state index contributed by atoms with van der Waals surface area (Å²) in [4.78, 5) is 18.6. The van der Waals surface area contributed by atoms with Crippen LogP contribution in [-0.2, 0) is 14.3 Å². The van der Waals surface area contributed by atoms with E-state index in [1.807, 2.05) is 0 Å². The number of carboxylic acid groups (broad SMARTS) is 2. The zero-order valence-corrected chi connectivity index (χ0v) is 12.2. The van der Waals surface area contributed by atoms with Crippen LogP contribution < -0.4 is 0 Å². The normalized spacial score (nSPS) is 6.95. The number of thiol groups is 2. The van der Waals surface area contributed by atoms with Crippen molar-refractivity contribution < 1.29 is 34.8 Å². The molecule has 0 aliphatic rings. The summed E-state index contributed by atoms with van der Waals surface area (Å²) in [5.74, 6) is -1.93. The van der Waals surface area contributed by atoms with E-state index in [1.165, 1.54) is 6.26 Å². The lowest BCUT2D eigenvalue weighted by molar-refractivity contribution is -0.134. The van der Waals surface area contributed by atoms with Crippen molar-refractivity contribution in [2.45, 2.75) is 6.92 Å². The van der Waals surface area contributed by atoms with Crippen molar-refractivity contribution in [3.63, 3.8) is 0 Å². The van der Waals surface area contributed by atoms with Crippen LogP contribution in [0.5, 0.6) is 0 Å². The number of rotatable bonds is 4. The van der Waals surface area contributed by atoms with Crippen LogP contribution in [0.15, 0.2) is 0 Å². The number of aliphatic hydroxyl groups is 2. The molecule has 0 atom stereocenters. The van der Waals surface area contributed by atoms with E-state index in [-0.39, 0.29) is 24.7 Å². The van der Waals surface area contributed by atoms with Crippen molar-refractivity contribution in [2.75, 3.05) is 31.3 Å². The molecular weight excluding hydrogens is 298 g/mol. The van der Waals surface area contributed by atoms with E-state index >= 15 is 0 Å². The van der Waals surface area contributed by atoms with Gasteiger partial charge in [-0.15, -0.1) is 0 Å². The van der Waals surface area contributed by atoms with Crippen LogP contribution in [0, 0.1) is 11.5 Å². The van der Waals surface area contributed by atoms with Crippen LogP contribution in [0.3, 0.4) is 0 Å². The fourth-order valence-corrected chi connectivity index (χ4v) is 0.0645. The molecule has 0 aromatic carbocycles. The number of carbonyl (C=O) groups is 2. The minimum Gasteiger partial charge on any atom is -0.481 e. The predicted octanol–water partition coefficient (Wildman–Crippen LogP) is -0.523. The lowest BCUT2D eigenvalue weighted by atomic mass is 10.8. The number of aliphatic carboxylic acids is 2. The molecule has 19 heavy (non-hydrogen) atoms. The summed E-state index contributed by atoms with van der Waals surface area (Å²) >= 11 is 6.83. The molecular formula is C9H19NO7S2. The van der Waals surface area contributed by atoms with Crippen molar-refractivity contribution in [3.8, 4) is 6.26 Å². The molecule has 4 N–H and O–H groups in total. The average molecular weight is 317 g/mol. The first-order valence-electron chi connectivity index (χ1n) is 4.75. The van der Waals surface area contributed by atoms with E-state index < -0.39 is 11.9 Å². The summed E-state index contributed by atoms with van der Waals surface area (Å²) in [6.07, 6.45) is 1.52. The largest absolute Gasteiger partial charge is 0.481 e. The van der Waals surface area contributed by atoms with Crippen LogP contribution in [0.25, 0.3) is 0 Å². The molecule has 0 heterocycles. The third-order valence-corrected chi connectivity index (χ3v) is 1.12. The molecule has 0 radical (unpaired) electrons. The third kappa shape index (κ3) is 109. The van der Waals surface area contributed by atoms with Gasteiger partial charge in [0.2, 0.25) is 0 Å². The first-order chi connectivity index (χ1) is 8.87. The molecule has 0 aromatic rings. The molecule has 0 saturated carbocycles. The molecule has 0 aliphatic carbocycles. The monoisotopic (exact) mass is 317 g/mol. The zero-order valence-electron chi connectivity index (χ0n) is 10.4. The lowest BCUT2D eigenvalue weighted by Crippen LogP contribution is -1.92. The van der Waals surface area contributed by atoms with E-state index in [1.54, 1.807) is 6.92 Å². The van der Waals surface area contributed by atoms with E-state index in [9.17, 15) is 9.59 Å². The molecule has 8 nitrogen and oxygen atoms in total. The second-order valence-corrected chi connectivity index (χ2v) is 2.71. The van der Waals surface area contributed by atoms with Gasteiger partial charge in [0.05, 0.1) is 31.3 Å². The standard InChI is InChI=1S/C3H5NO.2C2H4O2S.C2H6O2/c1-2-5-3-4;2*3-2(4)1-5;3-1-2-4/h2H2,1H3;2*5H,1H2,(H,3,4);3-4H,1-2H2. The molecule has 10 heteroatoms. The highest BCUT2D eigenvalue weighted by Gasteiger charge is 1.82. The molecule has 0 bridgehead atoms. The second kappa shape index (κ2) is 30.1. The van der Waals surface area contributed by atoms with Gasteiger partial charge in [-0.25, -0.2) is 0 Å². The number of aliphatic hydroxyl groups excluding tert-OH is 2. The Labute approximate surface area is 122 Å². The lowest BCUT2D eigenvalue weighted by Gasteiger charge is -1.76. The highest BCUT2D eigenvalue weighted by molar-refractivity contribution is 7.81. The maximum Gasteiger partial charge on any atom is 0.313 e. The smallest absolute Gasteiger partial charge is 0.313 e. The Hall–Kier alpha value is -1.15. The van der Waals surface area contributed by atoms with Crippen LogP contribution in [0.1, 0.15) is 6.92 Å². The van der Waals surface area contributed by atoms with Gasteiger partial charge in [-0.1, -0.05) is 0 Å². The molecule has 0 rings (SSSR count). The number of nitrogens with zero attached hydrogens (tertiary/aromatic N) is 1. The van der Waals surface area contributed by atoms with Gasteiger partial charge >= 0.3 is 11.9 Å². The molecule has 0 spiro atoms. The van der Waals surface area contributed by atoms with Gasteiger partial charge in [0.1, 0.15) is 0 Å². The van der Waals surface area contributed by atoms with Crippen molar-refractivity contribution in [3.05, 3.63) is 0 Å². The summed E-state index contributed by atoms with van der Waals surface area (Å²) in [5.41, 5.74) is 0. The summed E-state index contributed by atoms with van der Waals surface area (Å²) in [7, 11) is 0. The molecule has 0 amide bonds. The minimum atomic E-state index is -0.881. The number of hydrogen-bond acceptors (Lipinski definition) is 8. The first kappa shape index (κ1) is 26.4. The zero-order chi connectivity index (χ0) is 16.1. The Balaban J connectivity index is -0.0000000793. The Bertz CT molecular complexity index is 217. The maximum atomic E-state index is 9.29. The summed E-state index contributed by atoms with van der Waals surface area (Å²) in [6, 6.07) is 0. The fourth-order valence-electron chi connectivity index (χ4n) is 0.0645. The van der Waals surface area contributed by atoms with Crippen molar-refractivity contribution in [2.24, 2.45) is 0 Å². The quantitative estimate of drug-likeness (QED) is 0.299. The summed E-state index contributed by atoms with van der Waals surface area (Å²) in [6.45, 7) is 2.00. The van der Waals surface area contributed by atoms with Crippen LogP contribution in [0.2, 0.25) is 0 Å². The Morgan fingerprint density at radius 2 is 1.37 bits per heavy atom. The number of hydrogen-bond donors (Lipinski definition) is 6. The first-order valence-corrected chi connectivity index (χ1v) is 6.02. The van der Waals surface area contributed by atoms with E-state index in [0.29, 0.717) is 6.61 Å². The fraction of sp³-hybridized carbons (Fsp3) is 0.667. The molecule has 0 saturated heterocycles. The van der Waals surface area contributed by atoms with Crippen molar-refractivity contribution in [1.29, 1.82) is 5.26 Å². The van der Waals surface area contributed by atoms with Gasteiger partial charge < -0.3 is 25.2 Å². The summed E-state index contributed by atoms with van der Waals surface area (Å²) < 4.78 is 4.14. The minimum absolute atomic E-state index is 0.0833. The van der Waals surface area contributed by atoms with Gasteiger partial charge in [0.25, 0.3) is 6.26 Å². The molecule has 0 aliphatic heterocycles. The third-order valence-electron chi connectivity index (χ3n) is 0.579. The van der Waals surface area contributed by atoms with Crippen molar-refractivity contribution >= 4 is 37.2 Å². The van der Waals surface area contributed by atoms with Crippen LogP contribution in [-0.4, -0.2) is 63.7 Å². The summed E-state index contributed by atoms with van der Waals surface area (Å²) in [5, 5.41) is 38.1.